The van der Waals surface area contributed by atoms with Crippen LogP contribution in [-0.4, -0.2) is 46.8 Å². The third kappa shape index (κ3) is 3.70. The lowest BCUT2D eigenvalue weighted by atomic mass is 10.0. The molecule has 0 spiro atoms. The van der Waals surface area contributed by atoms with E-state index >= 15 is 0 Å². The number of halogens is 1. The molecule has 0 unspecified atom stereocenters. The lowest BCUT2D eigenvalue weighted by Gasteiger charge is -2.24. The molecule has 2 aromatic rings. The van der Waals surface area contributed by atoms with Crippen LogP contribution < -0.4 is 10.5 Å². The summed E-state index contributed by atoms with van der Waals surface area (Å²) in [5, 5.41) is 4.33. The molecular formula is C18H24FN5O2. The molecule has 2 aromatic heterocycles. The number of pyridine rings is 1. The molecule has 0 amide bonds. The quantitative estimate of drug-likeness (QED) is 0.827. The Morgan fingerprint density at radius 3 is 2.73 bits per heavy atom. The van der Waals surface area contributed by atoms with Crippen LogP contribution in [0, 0.1) is 5.82 Å². The predicted molar refractivity (Wildman–Crippen MR) is 97.3 cm³/mol. The Bertz CT molecular complexity index is 797. The molecule has 0 atom stereocenters. The maximum atomic E-state index is 14.1. The van der Waals surface area contributed by atoms with Gasteiger partial charge in [0.2, 0.25) is 5.88 Å². The molecule has 3 heterocycles. The first kappa shape index (κ1) is 18.3. The maximum absolute atomic E-state index is 14.1. The van der Waals surface area contributed by atoms with Crippen molar-refractivity contribution in [1.29, 1.82) is 0 Å². The summed E-state index contributed by atoms with van der Waals surface area (Å²) in [5.74, 6) is -0.314. The molecule has 2 N–H and O–H groups in total. The molecule has 0 aromatic carbocycles. The van der Waals surface area contributed by atoms with E-state index in [1.807, 2.05) is 24.7 Å². The van der Waals surface area contributed by atoms with Crippen LogP contribution in [-0.2, 0) is 4.74 Å². The van der Waals surface area contributed by atoms with Crippen molar-refractivity contribution in [3.63, 3.8) is 0 Å². The number of aromatic nitrogens is 3. The number of hydrogen-bond acceptors (Lipinski definition) is 6. The Labute approximate surface area is 152 Å². The largest absolute Gasteiger partial charge is 0.474 e. The fourth-order valence-corrected chi connectivity index (χ4v) is 2.88. The summed E-state index contributed by atoms with van der Waals surface area (Å²) in [6.07, 6.45) is 6.08. The minimum absolute atomic E-state index is 0.0278. The lowest BCUT2D eigenvalue weighted by molar-refractivity contribution is 0.0236. The van der Waals surface area contributed by atoms with Crippen LogP contribution in [0.15, 0.2) is 23.6 Å². The monoisotopic (exact) mass is 361 g/mol. The highest BCUT2D eigenvalue weighted by Crippen LogP contribution is 2.30. The number of nitrogens with zero attached hydrogens (tertiary/aromatic N) is 4. The molecule has 26 heavy (non-hydrogen) atoms. The van der Waals surface area contributed by atoms with Crippen molar-refractivity contribution in [2.24, 2.45) is 4.99 Å². The normalized spacial score (nSPS) is 16.3. The van der Waals surface area contributed by atoms with Crippen molar-refractivity contribution in [2.45, 2.75) is 38.8 Å². The molecule has 0 bridgehead atoms. The summed E-state index contributed by atoms with van der Waals surface area (Å²) in [6, 6.07) is 0.197. The summed E-state index contributed by atoms with van der Waals surface area (Å²) in [7, 11) is 1.63. The van der Waals surface area contributed by atoms with Crippen LogP contribution in [0.5, 0.6) is 5.88 Å². The minimum atomic E-state index is -0.600. The van der Waals surface area contributed by atoms with Crippen LogP contribution in [0.25, 0.3) is 0 Å². The van der Waals surface area contributed by atoms with E-state index in [1.165, 1.54) is 0 Å². The average Bonchev–Trinajstić information content (AvgIpc) is 3.12. The summed E-state index contributed by atoms with van der Waals surface area (Å²) < 4.78 is 27.3. The van der Waals surface area contributed by atoms with Crippen molar-refractivity contribution in [3.8, 4) is 5.88 Å². The molecule has 1 aliphatic rings. The first-order chi connectivity index (χ1) is 12.5. The average molecular weight is 361 g/mol. The number of aliphatic imine (C=N–C) groups is 1. The topological polar surface area (TPSA) is 87.5 Å². The predicted octanol–water partition coefficient (Wildman–Crippen LogP) is 2.61. The Morgan fingerprint density at radius 2 is 2.12 bits per heavy atom. The van der Waals surface area contributed by atoms with Gasteiger partial charge >= 0.3 is 0 Å². The fourth-order valence-electron chi connectivity index (χ4n) is 2.88. The van der Waals surface area contributed by atoms with Crippen LogP contribution in [0.1, 0.15) is 43.9 Å². The number of nitrogen functional groups attached to an aromatic ring is 1. The molecule has 1 fully saturated rings. The van der Waals surface area contributed by atoms with Crippen molar-refractivity contribution < 1.29 is 13.9 Å². The summed E-state index contributed by atoms with van der Waals surface area (Å²) in [4.78, 5) is 8.47. The van der Waals surface area contributed by atoms with Gasteiger partial charge in [0.1, 0.15) is 6.10 Å². The summed E-state index contributed by atoms with van der Waals surface area (Å²) in [5.41, 5.74) is 7.61. The van der Waals surface area contributed by atoms with E-state index in [1.54, 1.807) is 13.2 Å². The van der Waals surface area contributed by atoms with Gasteiger partial charge in [-0.3, -0.25) is 9.67 Å². The van der Waals surface area contributed by atoms with Gasteiger partial charge < -0.3 is 15.2 Å². The van der Waals surface area contributed by atoms with Crippen molar-refractivity contribution in [2.75, 3.05) is 26.0 Å². The molecule has 1 aliphatic heterocycles. The van der Waals surface area contributed by atoms with Gasteiger partial charge in [0.05, 0.1) is 42.6 Å². The van der Waals surface area contributed by atoms with Crippen LogP contribution >= 0.6 is 0 Å². The second-order valence-electron chi connectivity index (χ2n) is 6.50. The first-order valence-electron chi connectivity index (χ1n) is 8.71. The highest BCUT2D eigenvalue weighted by atomic mass is 19.1. The molecule has 0 aliphatic carbocycles. The van der Waals surface area contributed by atoms with E-state index in [4.69, 9.17) is 15.2 Å². The van der Waals surface area contributed by atoms with Gasteiger partial charge in [0, 0.05) is 37.7 Å². The van der Waals surface area contributed by atoms with Gasteiger partial charge in [-0.25, -0.2) is 9.37 Å². The van der Waals surface area contributed by atoms with E-state index < -0.39 is 5.82 Å². The van der Waals surface area contributed by atoms with Gasteiger partial charge in [-0.2, -0.15) is 5.10 Å². The zero-order valence-corrected chi connectivity index (χ0v) is 15.3. The van der Waals surface area contributed by atoms with Gasteiger partial charge in [0.15, 0.2) is 5.82 Å². The first-order valence-corrected chi connectivity index (χ1v) is 8.71. The number of nitrogens with two attached hydrogens (primary N) is 1. The van der Waals surface area contributed by atoms with Gasteiger partial charge in [0.25, 0.3) is 0 Å². The second kappa shape index (κ2) is 7.82. The minimum Gasteiger partial charge on any atom is -0.474 e. The van der Waals surface area contributed by atoms with Gasteiger partial charge in [-0.05, 0) is 13.8 Å². The molecule has 3 rings (SSSR count). The van der Waals surface area contributed by atoms with Crippen molar-refractivity contribution in [3.05, 3.63) is 35.5 Å². The smallest absolute Gasteiger partial charge is 0.225 e. The Hall–Kier alpha value is -2.48. The van der Waals surface area contributed by atoms with E-state index in [2.05, 4.69) is 15.1 Å². The fraction of sp³-hybridized carbons (Fsp3) is 0.500. The van der Waals surface area contributed by atoms with E-state index in [-0.39, 0.29) is 23.7 Å². The highest BCUT2D eigenvalue weighted by Gasteiger charge is 2.24. The SMILES string of the molecule is CN=C(c1cnn(C(C)C)c1)c1c(OC2CCOCC2)ncc(F)c1N. The van der Waals surface area contributed by atoms with Crippen LogP contribution in [0.4, 0.5) is 10.1 Å². The molecule has 1 saturated heterocycles. The lowest BCUT2D eigenvalue weighted by Crippen LogP contribution is -2.27. The molecule has 8 heteroatoms. The van der Waals surface area contributed by atoms with Crippen molar-refractivity contribution >= 4 is 11.4 Å². The van der Waals surface area contributed by atoms with E-state index in [9.17, 15) is 4.39 Å². The molecule has 7 nitrogen and oxygen atoms in total. The van der Waals surface area contributed by atoms with E-state index in [0.717, 1.165) is 24.6 Å². The van der Waals surface area contributed by atoms with Crippen LogP contribution in [0.2, 0.25) is 0 Å². The Morgan fingerprint density at radius 1 is 1.38 bits per heavy atom. The number of hydrogen-bond donors (Lipinski definition) is 1. The number of anilines is 1. The molecule has 140 valence electrons. The van der Waals surface area contributed by atoms with Gasteiger partial charge in [-0.15, -0.1) is 0 Å². The Kier molecular flexibility index (Phi) is 5.51. The number of rotatable bonds is 5. The summed E-state index contributed by atoms with van der Waals surface area (Å²) >= 11 is 0. The molecule has 0 radical (unpaired) electrons. The third-order valence-electron chi connectivity index (χ3n) is 4.35. The zero-order valence-electron chi connectivity index (χ0n) is 15.3. The summed E-state index contributed by atoms with van der Waals surface area (Å²) in [6.45, 7) is 5.31. The Balaban J connectivity index is 2.01. The highest BCUT2D eigenvalue weighted by molar-refractivity contribution is 6.16. The molecular weight excluding hydrogens is 337 g/mol. The second-order valence-corrected chi connectivity index (χ2v) is 6.50. The van der Waals surface area contributed by atoms with Crippen LogP contribution in [0.3, 0.4) is 0 Å². The van der Waals surface area contributed by atoms with Gasteiger partial charge in [-0.1, -0.05) is 0 Å². The van der Waals surface area contributed by atoms with E-state index in [0.29, 0.717) is 24.5 Å². The zero-order chi connectivity index (χ0) is 18.7. The maximum Gasteiger partial charge on any atom is 0.225 e. The molecule has 0 saturated carbocycles. The third-order valence-corrected chi connectivity index (χ3v) is 4.35. The van der Waals surface area contributed by atoms with Crippen molar-refractivity contribution in [1.82, 2.24) is 14.8 Å². The number of ether oxygens (including phenoxy) is 2. The standard InChI is InChI=1S/C18H24FN5O2/c1-11(2)24-10-12(8-23-24)17(21-3)15-16(20)14(19)9-22-18(15)26-13-4-6-25-7-5-13/h8-11,13H,4-7H2,1-3H3,(H2,20,22).